The van der Waals surface area contributed by atoms with Gasteiger partial charge >= 0.3 is 0 Å². The van der Waals surface area contributed by atoms with Crippen LogP contribution < -0.4 is 5.56 Å². The van der Waals surface area contributed by atoms with Crippen molar-refractivity contribution in [3.8, 4) is 16.8 Å². The van der Waals surface area contributed by atoms with Gasteiger partial charge in [-0.25, -0.2) is 4.98 Å². The van der Waals surface area contributed by atoms with Crippen molar-refractivity contribution in [2.45, 2.75) is 6.92 Å². The zero-order chi connectivity index (χ0) is 18.5. The van der Waals surface area contributed by atoms with E-state index in [9.17, 15) is 4.79 Å². The van der Waals surface area contributed by atoms with Crippen LogP contribution in [0.4, 0.5) is 0 Å². The van der Waals surface area contributed by atoms with Gasteiger partial charge in [-0.15, -0.1) is 0 Å². The van der Waals surface area contributed by atoms with Gasteiger partial charge in [-0.2, -0.15) is 5.10 Å². The van der Waals surface area contributed by atoms with Crippen LogP contribution in [0.15, 0.2) is 65.7 Å². The van der Waals surface area contributed by atoms with E-state index in [1.807, 2.05) is 37.4 Å². The molecule has 0 aliphatic rings. The summed E-state index contributed by atoms with van der Waals surface area (Å²) in [6.45, 7) is 1.83. The first-order chi connectivity index (χ1) is 13.1. The summed E-state index contributed by atoms with van der Waals surface area (Å²) in [6, 6.07) is 16.4. The van der Waals surface area contributed by atoms with E-state index in [2.05, 4.69) is 39.3 Å². The molecule has 0 spiro atoms. The number of aromatic amines is 1. The lowest BCUT2D eigenvalue weighted by Gasteiger charge is -2.11. The summed E-state index contributed by atoms with van der Waals surface area (Å²) in [5.74, 6) is 0.637. The fourth-order valence-electron chi connectivity index (χ4n) is 3.53. The van der Waals surface area contributed by atoms with Gasteiger partial charge in [-0.3, -0.25) is 14.0 Å². The molecule has 5 aromatic rings. The molecular weight excluding hydrogens is 338 g/mol. The molecule has 132 valence electrons. The van der Waals surface area contributed by atoms with Gasteiger partial charge in [-0.05, 0) is 53.8 Å². The Balaban J connectivity index is 1.61. The third kappa shape index (κ3) is 2.38. The van der Waals surface area contributed by atoms with Crippen LogP contribution in [0.5, 0.6) is 0 Å². The van der Waals surface area contributed by atoms with E-state index < -0.39 is 0 Å². The summed E-state index contributed by atoms with van der Waals surface area (Å²) in [5, 5.41) is 5.84. The fraction of sp³-hybridized carbons (Fsp3) is 0.0952. The average molecular weight is 355 g/mol. The second-order valence-electron chi connectivity index (χ2n) is 6.63. The van der Waals surface area contributed by atoms with Crippen molar-refractivity contribution < 1.29 is 0 Å². The van der Waals surface area contributed by atoms with E-state index >= 15 is 0 Å². The molecule has 0 amide bonds. The second kappa shape index (κ2) is 5.67. The number of hydrogen-bond donors (Lipinski definition) is 1. The molecule has 5 rings (SSSR count). The molecule has 0 saturated carbocycles. The highest BCUT2D eigenvalue weighted by molar-refractivity contribution is 5.85. The molecule has 0 atom stereocenters. The monoisotopic (exact) mass is 355 g/mol. The molecule has 1 N–H and O–H groups in total. The lowest BCUT2D eigenvalue weighted by Crippen LogP contribution is -2.22. The van der Waals surface area contributed by atoms with Crippen molar-refractivity contribution in [2.75, 3.05) is 0 Å². The zero-order valence-corrected chi connectivity index (χ0v) is 15.0. The van der Waals surface area contributed by atoms with Gasteiger partial charge in [0, 0.05) is 18.8 Å². The van der Waals surface area contributed by atoms with Crippen molar-refractivity contribution in [1.29, 1.82) is 0 Å². The van der Waals surface area contributed by atoms with Crippen molar-refractivity contribution in [1.82, 2.24) is 24.3 Å². The van der Waals surface area contributed by atoms with Gasteiger partial charge in [0.1, 0.15) is 11.2 Å². The smallest absolute Gasteiger partial charge is 0.269 e. The van der Waals surface area contributed by atoms with E-state index in [-0.39, 0.29) is 5.56 Å². The van der Waals surface area contributed by atoms with Gasteiger partial charge in [0.2, 0.25) is 0 Å². The maximum absolute atomic E-state index is 12.9. The molecule has 3 heterocycles. The van der Waals surface area contributed by atoms with Crippen LogP contribution in [0.3, 0.4) is 0 Å². The number of benzene rings is 2. The Kier molecular flexibility index (Phi) is 3.27. The van der Waals surface area contributed by atoms with Gasteiger partial charge in [0.25, 0.3) is 5.56 Å². The third-order valence-electron chi connectivity index (χ3n) is 4.94. The van der Waals surface area contributed by atoms with E-state index in [0.29, 0.717) is 16.9 Å². The number of aryl methyl sites for hydroxylation is 2. The number of fused-ring (bicyclic) bond motifs is 2. The molecule has 2 aromatic carbocycles. The minimum absolute atomic E-state index is 0.105. The largest absolute Gasteiger partial charge is 0.361 e. The first kappa shape index (κ1) is 15.6. The molecule has 0 radical (unpaired) electrons. The van der Waals surface area contributed by atoms with Gasteiger partial charge < -0.3 is 4.98 Å². The average Bonchev–Trinajstić information content (AvgIpc) is 3.29. The first-order valence-corrected chi connectivity index (χ1v) is 8.71. The Labute approximate surface area is 154 Å². The third-order valence-corrected chi connectivity index (χ3v) is 4.94. The molecule has 27 heavy (non-hydrogen) atoms. The lowest BCUT2D eigenvalue weighted by atomic mass is 10.0. The quantitative estimate of drug-likeness (QED) is 0.526. The van der Waals surface area contributed by atoms with Crippen LogP contribution in [-0.4, -0.2) is 24.3 Å². The standard InChI is InChI=1S/C21H17N5O/c1-13-24-20-18(12-23-25(20)2)21(27)26(13)17-6-3-14(4-7-17)15-5-8-19-16(11-15)9-10-22-19/h3-12,22H,1-2H3. The topological polar surface area (TPSA) is 68.5 Å². The summed E-state index contributed by atoms with van der Waals surface area (Å²) in [4.78, 5) is 20.6. The SMILES string of the molecule is Cc1nc2c(cnn2C)c(=O)n1-c1ccc(-c2ccc3[nH]ccc3c2)cc1. The molecule has 0 unspecified atom stereocenters. The molecule has 0 saturated heterocycles. The number of nitrogens with zero attached hydrogens (tertiary/aromatic N) is 4. The Morgan fingerprint density at radius 1 is 1.00 bits per heavy atom. The molecule has 6 nitrogen and oxygen atoms in total. The number of aromatic nitrogens is 5. The number of H-pyrrole nitrogens is 1. The van der Waals surface area contributed by atoms with Gasteiger partial charge in [0.05, 0.1) is 11.9 Å². The van der Waals surface area contributed by atoms with Crippen molar-refractivity contribution in [3.05, 3.63) is 77.1 Å². The Bertz CT molecular complexity index is 1360. The predicted octanol–water partition coefficient (Wildman–Crippen LogP) is 3.58. The van der Waals surface area contributed by atoms with Crippen LogP contribution in [0.2, 0.25) is 0 Å². The Hall–Kier alpha value is -3.67. The van der Waals surface area contributed by atoms with Crippen LogP contribution in [0, 0.1) is 6.92 Å². The number of rotatable bonds is 2. The van der Waals surface area contributed by atoms with Crippen molar-refractivity contribution in [3.63, 3.8) is 0 Å². The molecule has 3 aromatic heterocycles. The predicted molar refractivity (Wildman–Crippen MR) is 106 cm³/mol. The second-order valence-corrected chi connectivity index (χ2v) is 6.63. The van der Waals surface area contributed by atoms with E-state index in [4.69, 9.17) is 0 Å². The Morgan fingerprint density at radius 2 is 1.78 bits per heavy atom. The normalized spacial score (nSPS) is 11.5. The van der Waals surface area contributed by atoms with Crippen molar-refractivity contribution >= 4 is 21.9 Å². The molecule has 0 fully saturated rings. The van der Waals surface area contributed by atoms with Crippen molar-refractivity contribution in [2.24, 2.45) is 7.05 Å². The summed E-state index contributed by atoms with van der Waals surface area (Å²) >= 11 is 0. The number of hydrogen-bond acceptors (Lipinski definition) is 3. The summed E-state index contributed by atoms with van der Waals surface area (Å²) in [7, 11) is 1.79. The molecule has 6 heteroatoms. The lowest BCUT2D eigenvalue weighted by molar-refractivity contribution is 0.777. The zero-order valence-electron chi connectivity index (χ0n) is 15.0. The minimum atomic E-state index is -0.105. The molecule has 0 bridgehead atoms. The molecular formula is C21H17N5O. The van der Waals surface area contributed by atoms with E-state index in [0.717, 1.165) is 22.3 Å². The van der Waals surface area contributed by atoms with E-state index in [1.54, 1.807) is 22.5 Å². The van der Waals surface area contributed by atoms with Gasteiger partial charge in [0.15, 0.2) is 5.65 Å². The minimum Gasteiger partial charge on any atom is -0.361 e. The highest BCUT2D eigenvalue weighted by Gasteiger charge is 2.13. The first-order valence-electron chi connectivity index (χ1n) is 8.71. The van der Waals surface area contributed by atoms with Crippen LogP contribution in [0.1, 0.15) is 5.82 Å². The maximum Gasteiger partial charge on any atom is 0.269 e. The highest BCUT2D eigenvalue weighted by Crippen LogP contribution is 2.25. The summed E-state index contributed by atoms with van der Waals surface area (Å²) < 4.78 is 3.25. The van der Waals surface area contributed by atoms with Gasteiger partial charge in [-0.1, -0.05) is 18.2 Å². The van der Waals surface area contributed by atoms with Crippen LogP contribution >= 0.6 is 0 Å². The summed E-state index contributed by atoms with van der Waals surface area (Å²) in [5.41, 5.74) is 4.65. The number of nitrogens with one attached hydrogen (secondary N) is 1. The van der Waals surface area contributed by atoms with Crippen LogP contribution in [0.25, 0.3) is 38.8 Å². The fourth-order valence-corrected chi connectivity index (χ4v) is 3.53. The highest BCUT2D eigenvalue weighted by atomic mass is 16.1. The maximum atomic E-state index is 12.9. The molecule has 0 aliphatic carbocycles. The van der Waals surface area contributed by atoms with Crippen LogP contribution in [-0.2, 0) is 7.05 Å². The summed E-state index contributed by atoms with van der Waals surface area (Å²) in [6.07, 6.45) is 3.51. The Morgan fingerprint density at radius 3 is 2.59 bits per heavy atom. The molecule has 0 aliphatic heterocycles. The van der Waals surface area contributed by atoms with E-state index in [1.165, 1.54) is 5.39 Å².